The molecule has 0 spiro atoms. The van der Waals surface area contributed by atoms with E-state index in [1.54, 1.807) is 19.1 Å². The lowest BCUT2D eigenvalue weighted by atomic mass is 9.79. The number of rotatable bonds is 9. The fraction of sp³-hybridized carbons (Fsp3) is 0.481. The molecule has 3 aromatic rings. The summed E-state index contributed by atoms with van der Waals surface area (Å²) in [5, 5.41) is 3.57. The van der Waals surface area contributed by atoms with Gasteiger partial charge in [-0.15, -0.1) is 0 Å². The summed E-state index contributed by atoms with van der Waals surface area (Å²) < 4.78 is 72.4. The summed E-state index contributed by atoms with van der Waals surface area (Å²) >= 11 is 0. The van der Waals surface area contributed by atoms with E-state index in [-0.39, 0.29) is 22.7 Å². The monoisotopic (exact) mass is 551 g/mol. The molecule has 2 atom stereocenters. The standard InChI is InChI=1S/C27H33F4N5O3/c1-14(18-7-17(32)8-20(24(18)28)27(29,30)31)33-25-19-9-23(22(37-6)10-21(19)34-16(3)35-25)39-13-26(11-38-12-26)15(2)36(4)5/h7-10,14-15H,11-13,32H2,1-6H3,(H,33,34,35)/t14-,15-/m1/s1. The Labute approximate surface area is 224 Å². The highest BCUT2D eigenvalue weighted by Crippen LogP contribution is 2.40. The van der Waals surface area contributed by atoms with Gasteiger partial charge in [0.2, 0.25) is 0 Å². The highest BCUT2D eigenvalue weighted by Gasteiger charge is 2.45. The molecule has 12 heteroatoms. The molecule has 0 saturated carbocycles. The van der Waals surface area contributed by atoms with Gasteiger partial charge >= 0.3 is 6.18 Å². The third-order valence-corrected chi connectivity index (χ3v) is 7.30. The first-order valence-electron chi connectivity index (χ1n) is 12.4. The number of nitrogen functional groups attached to an aromatic ring is 1. The van der Waals surface area contributed by atoms with Crippen LogP contribution in [0.1, 0.15) is 36.8 Å². The Kier molecular flexibility index (Phi) is 7.82. The van der Waals surface area contributed by atoms with Crippen LogP contribution in [-0.4, -0.2) is 61.9 Å². The molecular weight excluding hydrogens is 518 g/mol. The van der Waals surface area contributed by atoms with Gasteiger partial charge < -0.3 is 30.2 Å². The van der Waals surface area contributed by atoms with Gasteiger partial charge in [-0.3, -0.25) is 0 Å². The number of alkyl halides is 3. The first-order chi connectivity index (χ1) is 18.3. The SMILES string of the molecule is COc1cc2nc(C)nc(N[C@H](C)c3cc(N)cc(C(F)(F)F)c3F)c2cc1OCC1([C@@H](C)N(C)C)COC1. The predicted octanol–water partition coefficient (Wildman–Crippen LogP) is 5.21. The van der Waals surface area contributed by atoms with E-state index in [0.29, 0.717) is 59.9 Å². The molecule has 1 fully saturated rings. The van der Waals surface area contributed by atoms with Crippen molar-refractivity contribution in [1.29, 1.82) is 0 Å². The van der Waals surface area contributed by atoms with Crippen LogP contribution in [0.5, 0.6) is 11.5 Å². The number of hydrogen-bond donors (Lipinski definition) is 2. The van der Waals surface area contributed by atoms with Gasteiger partial charge in [-0.2, -0.15) is 13.2 Å². The third-order valence-electron chi connectivity index (χ3n) is 7.30. The van der Waals surface area contributed by atoms with E-state index < -0.39 is 23.6 Å². The predicted molar refractivity (Wildman–Crippen MR) is 141 cm³/mol. The summed E-state index contributed by atoms with van der Waals surface area (Å²) in [4.78, 5) is 11.0. The zero-order chi connectivity index (χ0) is 28.7. The molecule has 0 radical (unpaired) electrons. The molecule has 1 aliphatic rings. The van der Waals surface area contributed by atoms with Crippen LogP contribution in [0.3, 0.4) is 0 Å². The number of hydrogen-bond acceptors (Lipinski definition) is 8. The third kappa shape index (κ3) is 5.67. The Hall–Kier alpha value is -3.38. The lowest BCUT2D eigenvalue weighted by molar-refractivity contribution is -0.162. The molecule has 212 valence electrons. The van der Waals surface area contributed by atoms with E-state index in [2.05, 4.69) is 27.1 Å². The van der Waals surface area contributed by atoms with Crippen molar-refractivity contribution in [2.24, 2.45) is 5.41 Å². The van der Waals surface area contributed by atoms with Crippen molar-refractivity contribution in [3.05, 3.63) is 47.0 Å². The maximum Gasteiger partial charge on any atom is 0.419 e. The zero-order valence-electron chi connectivity index (χ0n) is 22.7. The van der Waals surface area contributed by atoms with E-state index in [1.807, 2.05) is 14.1 Å². The number of methoxy groups -OCH3 is 1. The van der Waals surface area contributed by atoms with Crippen LogP contribution in [0.25, 0.3) is 10.9 Å². The summed E-state index contributed by atoms with van der Waals surface area (Å²) in [5.41, 5.74) is 4.15. The maximum absolute atomic E-state index is 14.9. The van der Waals surface area contributed by atoms with E-state index in [1.165, 1.54) is 20.1 Å². The molecule has 2 aromatic carbocycles. The van der Waals surface area contributed by atoms with Crippen LogP contribution >= 0.6 is 0 Å². The number of benzene rings is 2. The second-order valence-electron chi connectivity index (χ2n) is 10.3. The van der Waals surface area contributed by atoms with Crippen LogP contribution in [-0.2, 0) is 10.9 Å². The van der Waals surface area contributed by atoms with Gasteiger partial charge in [0.1, 0.15) is 17.5 Å². The molecule has 1 saturated heterocycles. The number of ether oxygens (including phenoxy) is 3. The van der Waals surface area contributed by atoms with Crippen molar-refractivity contribution in [3.63, 3.8) is 0 Å². The van der Waals surface area contributed by atoms with Gasteiger partial charge in [-0.05, 0) is 53.1 Å². The molecule has 1 aliphatic heterocycles. The van der Waals surface area contributed by atoms with E-state index in [4.69, 9.17) is 19.9 Å². The van der Waals surface area contributed by atoms with Gasteiger partial charge in [0.15, 0.2) is 11.5 Å². The molecule has 0 unspecified atom stereocenters. The number of nitrogens with two attached hydrogens (primary N) is 1. The van der Waals surface area contributed by atoms with Crippen molar-refractivity contribution in [2.45, 2.75) is 39.0 Å². The van der Waals surface area contributed by atoms with E-state index in [0.717, 1.165) is 0 Å². The van der Waals surface area contributed by atoms with Crippen LogP contribution in [0.2, 0.25) is 0 Å². The number of nitrogens with zero attached hydrogens (tertiary/aromatic N) is 3. The van der Waals surface area contributed by atoms with Crippen molar-refractivity contribution >= 4 is 22.4 Å². The highest BCUT2D eigenvalue weighted by atomic mass is 19.4. The first kappa shape index (κ1) is 28.6. The van der Waals surface area contributed by atoms with Gasteiger partial charge in [0, 0.05) is 28.7 Å². The number of anilines is 2. The Morgan fingerprint density at radius 1 is 1.13 bits per heavy atom. The van der Waals surface area contributed by atoms with Crippen LogP contribution in [0, 0.1) is 18.2 Å². The molecule has 3 N–H and O–H groups in total. The zero-order valence-corrected chi connectivity index (χ0v) is 22.7. The average molecular weight is 552 g/mol. The Morgan fingerprint density at radius 2 is 1.82 bits per heavy atom. The maximum atomic E-state index is 14.9. The second kappa shape index (κ2) is 10.6. The largest absolute Gasteiger partial charge is 0.493 e. The second-order valence-corrected chi connectivity index (χ2v) is 10.3. The fourth-order valence-electron chi connectivity index (χ4n) is 4.69. The normalized spacial score (nSPS) is 16.6. The molecule has 1 aromatic heterocycles. The van der Waals surface area contributed by atoms with Crippen molar-refractivity contribution in [2.75, 3.05) is 52.1 Å². The summed E-state index contributed by atoms with van der Waals surface area (Å²) in [5.74, 6) is 0.225. The molecule has 0 bridgehead atoms. The Bertz CT molecular complexity index is 1360. The number of aromatic nitrogens is 2. The number of nitrogens with one attached hydrogen (secondary N) is 1. The quantitative estimate of drug-likeness (QED) is 0.277. The van der Waals surface area contributed by atoms with E-state index in [9.17, 15) is 17.6 Å². The molecule has 0 amide bonds. The Morgan fingerprint density at radius 3 is 2.38 bits per heavy atom. The number of halogens is 4. The summed E-state index contributed by atoms with van der Waals surface area (Å²) in [6.07, 6.45) is -4.89. The number of aryl methyl sites for hydroxylation is 1. The van der Waals surface area contributed by atoms with Gasteiger partial charge in [0.25, 0.3) is 0 Å². The molecule has 0 aliphatic carbocycles. The van der Waals surface area contributed by atoms with E-state index >= 15 is 0 Å². The van der Waals surface area contributed by atoms with Crippen molar-refractivity contribution in [1.82, 2.24) is 14.9 Å². The number of fused-ring (bicyclic) bond motifs is 1. The van der Waals surface area contributed by atoms with Crippen LogP contribution in [0.15, 0.2) is 24.3 Å². The summed E-state index contributed by atoms with van der Waals surface area (Å²) in [6, 6.07) is 4.47. The fourth-order valence-corrected chi connectivity index (χ4v) is 4.69. The average Bonchev–Trinajstić information content (AvgIpc) is 2.83. The molecule has 4 rings (SSSR count). The molecule has 8 nitrogen and oxygen atoms in total. The minimum Gasteiger partial charge on any atom is -0.493 e. The minimum atomic E-state index is -4.89. The van der Waals surface area contributed by atoms with Crippen molar-refractivity contribution < 1.29 is 31.8 Å². The Balaban J connectivity index is 1.70. The van der Waals surface area contributed by atoms with Crippen molar-refractivity contribution in [3.8, 4) is 11.5 Å². The molecule has 39 heavy (non-hydrogen) atoms. The highest BCUT2D eigenvalue weighted by molar-refractivity contribution is 5.92. The van der Waals surface area contributed by atoms with Gasteiger partial charge in [-0.1, -0.05) is 0 Å². The molecule has 2 heterocycles. The summed E-state index contributed by atoms with van der Waals surface area (Å²) in [6.45, 7) is 6.81. The van der Waals surface area contributed by atoms with Crippen LogP contribution < -0.4 is 20.5 Å². The molecular formula is C27H33F4N5O3. The minimum absolute atomic E-state index is 0.191. The van der Waals surface area contributed by atoms with Gasteiger partial charge in [-0.25, -0.2) is 14.4 Å². The first-order valence-corrected chi connectivity index (χ1v) is 12.4. The topological polar surface area (TPSA) is 94.8 Å². The lowest BCUT2D eigenvalue weighted by Gasteiger charge is -2.47. The smallest absolute Gasteiger partial charge is 0.419 e. The van der Waals surface area contributed by atoms with Crippen LogP contribution in [0.4, 0.5) is 29.1 Å². The van der Waals surface area contributed by atoms with Gasteiger partial charge in [0.05, 0.1) is 49.5 Å². The summed E-state index contributed by atoms with van der Waals surface area (Å²) in [7, 11) is 5.52. The lowest BCUT2D eigenvalue weighted by Crippen LogP contribution is -2.58.